The number of fused-ring (bicyclic) bond motifs is 7. The van der Waals surface area contributed by atoms with Crippen LogP contribution in [0.25, 0.3) is 0 Å². The molecular weight excluding hydrogens is 414 g/mol. The molecule has 32 heavy (non-hydrogen) atoms. The van der Waals surface area contributed by atoms with E-state index < -0.39 is 41.7 Å². The van der Waals surface area contributed by atoms with Crippen molar-refractivity contribution in [3.63, 3.8) is 0 Å². The van der Waals surface area contributed by atoms with Crippen LogP contribution in [0.15, 0.2) is 42.5 Å². The van der Waals surface area contributed by atoms with Crippen molar-refractivity contribution in [3.8, 4) is 0 Å². The topological polar surface area (TPSA) is 96.5 Å². The second kappa shape index (κ2) is 7.16. The maximum atomic E-state index is 12.9. The fourth-order valence-corrected chi connectivity index (χ4v) is 5.88. The summed E-state index contributed by atoms with van der Waals surface area (Å²) >= 11 is 0. The monoisotopic (exact) mass is 437 g/mol. The van der Waals surface area contributed by atoms with Gasteiger partial charge >= 0.3 is 12.0 Å². The summed E-state index contributed by atoms with van der Waals surface area (Å²) in [6.07, 6.45) is 5.72. The van der Waals surface area contributed by atoms with Gasteiger partial charge < -0.3 is 9.74 Å². The predicted octanol–water partition coefficient (Wildman–Crippen LogP) is 1.65. The van der Waals surface area contributed by atoms with Gasteiger partial charge in [-0.2, -0.15) is 5.06 Å². The Balaban J connectivity index is 1.11. The second-order valence-electron chi connectivity index (χ2n) is 9.15. The third-order valence-electron chi connectivity index (χ3n) is 7.42. The third kappa shape index (κ3) is 2.80. The van der Waals surface area contributed by atoms with Crippen molar-refractivity contribution in [2.45, 2.75) is 38.0 Å². The number of hydrogen-bond acceptors (Lipinski definition) is 6. The van der Waals surface area contributed by atoms with Gasteiger partial charge in [0.2, 0.25) is 0 Å². The summed E-state index contributed by atoms with van der Waals surface area (Å²) in [6, 6.07) is 8.13. The number of allylic oxidation sites excluding steroid dienone is 2. The van der Waals surface area contributed by atoms with Crippen LogP contribution in [0.4, 0.5) is 4.79 Å². The van der Waals surface area contributed by atoms with E-state index in [0.717, 1.165) is 12.0 Å². The lowest BCUT2D eigenvalue weighted by molar-refractivity contribution is -0.202. The van der Waals surface area contributed by atoms with Gasteiger partial charge in [0.1, 0.15) is 12.6 Å². The van der Waals surface area contributed by atoms with Crippen molar-refractivity contribution in [3.05, 3.63) is 48.0 Å². The van der Waals surface area contributed by atoms with E-state index in [4.69, 9.17) is 9.68 Å². The molecule has 0 N–H and O–H groups in total. The number of carbonyl (C=O) groups is 4. The molecular formula is C23H23N3O6. The van der Waals surface area contributed by atoms with Gasteiger partial charge in [-0.1, -0.05) is 42.5 Å². The molecule has 9 heteroatoms. The Morgan fingerprint density at radius 3 is 2.34 bits per heavy atom. The zero-order chi connectivity index (χ0) is 22.0. The molecule has 4 amide bonds. The molecule has 1 aromatic rings. The fourth-order valence-electron chi connectivity index (χ4n) is 5.88. The highest BCUT2D eigenvalue weighted by molar-refractivity contribution is 6.06. The number of hydrogen-bond donors (Lipinski definition) is 0. The summed E-state index contributed by atoms with van der Waals surface area (Å²) < 4.78 is 0. The maximum absolute atomic E-state index is 12.9. The molecule has 6 rings (SSSR count). The van der Waals surface area contributed by atoms with E-state index in [1.54, 1.807) is 0 Å². The van der Waals surface area contributed by atoms with Crippen LogP contribution < -0.4 is 0 Å². The first-order valence-electron chi connectivity index (χ1n) is 11.1. The van der Waals surface area contributed by atoms with Crippen molar-refractivity contribution in [1.82, 2.24) is 15.0 Å². The summed E-state index contributed by atoms with van der Waals surface area (Å²) in [5.41, 5.74) is 0.938. The van der Waals surface area contributed by atoms with Crippen molar-refractivity contribution in [2.24, 2.45) is 23.7 Å². The predicted molar refractivity (Wildman–Crippen MR) is 108 cm³/mol. The zero-order valence-corrected chi connectivity index (χ0v) is 17.3. The smallest absolute Gasteiger partial charge is 0.328 e. The van der Waals surface area contributed by atoms with Crippen LogP contribution >= 0.6 is 0 Å². The van der Waals surface area contributed by atoms with Crippen LogP contribution in [0.2, 0.25) is 0 Å². The van der Waals surface area contributed by atoms with Crippen LogP contribution in [0.3, 0.4) is 0 Å². The van der Waals surface area contributed by atoms with Gasteiger partial charge in [-0.3, -0.25) is 14.4 Å². The molecule has 3 heterocycles. The first-order chi connectivity index (χ1) is 15.5. The molecule has 6 atom stereocenters. The largest absolute Gasteiger partial charge is 0.355 e. The molecule has 3 aliphatic heterocycles. The van der Waals surface area contributed by atoms with E-state index >= 15 is 0 Å². The number of piperidine rings is 1. The normalized spacial score (nSPS) is 34.6. The Morgan fingerprint density at radius 2 is 1.66 bits per heavy atom. The van der Waals surface area contributed by atoms with Gasteiger partial charge in [0, 0.05) is 6.54 Å². The molecule has 3 saturated heterocycles. The number of rotatable bonds is 5. The molecule has 2 aliphatic carbocycles. The van der Waals surface area contributed by atoms with E-state index in [1.165, 1.54) is 9.96 Å². The average Bonchev–Trinajstić information content (AvgIpc) is 3.54. The fraction of sp³-hybridized carbons (Fsp3) is 0.478. The molecule has 4 fully saturated rings. The zero-order valence-electron chi connectivity index (χ0n) is 17.3. The molecule has 0 aromatic heterocycles. The molecule has 5 aliphatic rings. The molecule has 0 spiro atoms. The molecule has 166 valence electrons. The van der Waals surface area contributed by atoms with E-state index in [9.17, 15) is 19.2 Å². The van der Waals surface area contributed by atoms with Gasteiger partial charge in [-0.05, 0) is 36.7 Å². The first-order valence-corrected chi connectivity index (χ1v) is 11.1. The van der Waals surface area contributed by atoms with E-state index in [-0.39, 0.29) is 24.5 Å². The highest BCUT2D eigenvalue weighted by Crippen LogP contribution is 2.52. The summed E-state index contributed by atoms with van der Waals surface area (Å²) in [5.74, 6) is -2.43. The van der Waals surface area contributed by atoms with Gasteiger partial charge in [0.25, 0.3) is 11.8 Å². The number of amides is 4. The molecule has 2 unspecified atom stereocenters. The highest BCUT2D eigenvalue weighted by Gasteiger charge is 2.61. The molecule has 4 bridgehead atoms. The number of carbonyl (C=O) groups excluding carboxylic acids is 4. The summed E-state index contributed by atoms with van der Waals surface area (Å²) in [4.78, 5) is 63.9. The Kier molecular flexibility index (Phi) is 4.36. The lowest BCUT2D eigenvalue weighted by Gasteiger charge is -2.29. The van der Waals surface area contributed by atoms with E-state index in [0.29, 0.717) is 24.4 Å². The van der Waals surface area contributed by atoms with Crippen molar-refractivity contribution in [2.75, 3.05) is 6.54 Å². The van der Waals surface area contributed by atoms with Crippen molar-refractivity contribution >= 4 is 23.8 Å². The quantitative estimate of drug-likeness (QED) is 0.513. The van der Waals surface area contributed by atoms with E-state index in [2.05, 4.69) is 0 Å². The Labute approximate surface area is 184 Å². The van der Waals surface area contributed by atoms with Crippen molar-refractivity contribution in [1.29, 1.82) is 0 Å². The minimum absolute atomic E-state index is 0.0380. The lowest BCUT2D eigenvalue weighted by Crippen LogP contribution is -2.48. The van der Waals surface area contributed by atoms with Crippen molar-refractivity contribution < 1.29 is 28.9 Å². The second-order valence-corrected chi connectivity index (χ2v) is 9.15. The number of hydroxylamine groups is 4. The Hall–Kier alpha value is -3.20. The average molecular weight is 437 g/mol. The molecule has 9 nitrogen and oxygen atoms in total. The standard InChI is InChI=1S/C23H23N3O6/c27-20-18-14-6-7-15(10-14)19(18)21(28)26(20)32-22(29)17-9-8-16-11-24(17)23(30)25(16)31-12-13-4-2-1-3-5-13/h1-7,14-19H,8-12H2/t14-,15-,16+,17+,18?,19?/m1/s1. The minimum atomic E-state index is -0.847. The Bertz CT molecular complexity index is 996. The summed E-state index contributed by atoms with van der Waals surface area (Å²) in [5, 5.41) is 1.99. The number of urea groups is 1. The number of nitrogens with zero attached hydrogens (tertiary/aromatic N) is 3. The molecule has 1 aromatic carbocycles. The SMILES string of the molecule is O=C(ON1C(=O)C2C(C1=O)[C@@H]1C=C[C@@H]2C1)[C@@H]1CC[C@H]2CN1C(=O)N2OCc1ccccc1. The lowest BCUT2D eigenvalue weighted by atomic mass is 9.85. The van der Waals surface area contributed by atoms with Gasteiger partial charge in [-0.25, -0.2) is 9.59 Å². The van der Waals surface area contributed by atoms with Crippen LogP contribution in [0.5, 0.6) is 0 Å². The first kappa shape index (κ1) is 19.5. The maximum Gasteiger partial charge on any atom is 0.355 e. The highest BCUT2D eigenvalue weighted by atomic mass is 16.7. The molecule has 0 radical (unpaired) electrons. The van der Waals surface area contributed by atoms with Crippen LogP contribution in [-0.4, -0.2) is 57.5 Å². The summed E-state index contributed by atoms with van der Waals surface area (Å²) in [7, 11) is 0. The van der Waals surface area contributed by atoms with Gasteiger partial charge in [0.15, 0.2) is 0 Å². The number of imide groups is 1. The van der Waals surface area contributed by atoms with Crippen LogP contribution in [0.1, 0.15) is 24.8 Å². The van der Waals surface area contributed by atoms with Gasteiger partial charge in [0.05, 0.1) is 17.9 Å². The molecule has 1 saturated carbocycles. The minimum Gasteiger partial charge on any atom is -0.328 e. The van der Waals surface area contributed by atoms with E-state index in [1.807, 2.05) is 42.5 Å². The van der Waals surface area contributed by atoms with Gasteiger partial charge in [-0.15, -0.1) is 5.06 Å². The third-order valence-corrected chi connectivity index (χ3v) is 7.42. The van der Waals surface area contributed by atoms with Crippen LogP contribution in [-0.2, 0) is 30.7 Å². The summed E-state index contributed by atoms with van der Waals surface area (Å²) in [6.45, 7) is 0.594. The van der Waals surface area contributed by atoms with Crippen LogP contribution in [0, 0.1) is 23.7 Å². The number of benzene rings is 1. The Morgan fingerprint density at radius 1 is 0.969 bits per heavy atom.